The lowest BCUT2D eigenvalue weighted by molar-refractivity contribution is -0.0487. The molecule has 2 N–H and O–H groups in total. The van der Waals surface area contributed by atoms with Crippen molar-refractivity contribution in [1.29, 1.82) is 0 Å². The molecule has 1 aliphatic carbocycles. The second kappa shape index (κ2) is 4.77. The molecule has 0 bridgehead atoms. The lowest BCUT2D eigenvalue weighted by Gasteiger charge is -2.46. The van der Waals surface area contributed by atoms with Gasteiger partial charge in [0.1, 0.15) is 0 Å². The quantitative estimate of drug-likeness (QED) is 0.739. The van der Waals surface area contributed by atoms with Crippen molar-refractivity contribution in [2.75, 3.05) is 0 Å². The molecule has 0 aromatic heterocycles. The Bertz CT molecular complexity index is 272. The molecule has 1 rings (SSSR count). The normalized spacial score (nSPS) is 45.7. The molecule has 0 heterocycles. The predicted octanol–water partition coefficient (Wildman–Crippen LogP) is 2.66. The van der Waals surface area contributed by atoms with Crippen molar-refractivity contribution in [3.05, 3.63) is 0 Å². The summed E-state index contributed by atoms with van der Waals surface area (Å²) in [5, 5.41) is 0. The average molecular weight is 250 g/mol. The van der Waals surface area contributed by atoms with Gasteiger partial charge in [0, 0.05) is 0 Å². The first kappa shape index (κ1) is 14.2. The van der Waals surface area contributed by atoms with E-state index in [-0.39, 0.29) is 17.9 Å². The smallest absolute Gasteiger partial charge is 0.303 e. The van der Waals surface area contributed by atoms with Gasteiger partial charge in [-0.15, -0.1) is 0 Å². The van der Waals surface area contributed by atoms with Gasteiger partial charge in [-0.05, 0) is 29.6 Å². The van der Waals surface area contributed by atoms with E-state index in [2.05, 4.69) is 20.8 Å². The van der Waals surface area contributed by atoms with Gasteiger partial charge in [-0.1, -0.05) is 34.6 Å². The van der Waals surface area contributed by atoms with Crippen molar-refractivity contribution >= 4 is 7.82 Å². The summed E-state index contributed by atoms with van der Waals surface area (Å²) in [5.74, 6) is 1.75. The molecule has 0 aliphatic heterocycles. The number of hydrogen-bond acceptors (Lipinski definition) is 2. The molecule has 0 saturated heterocycles. The minimum absolute atomic E-state index is 0.175. The molecule has 1 fully saturated rings. The lowest BCUT2D eigenvalue weighted by atomic mass is 9.63. The molecular formula is C11H23O4P. The maximum absolute atomic E-state index is 11.0. The molecular weight excluding hydrogens is 227 g/mol. The Morgan fingerprint density at radius 2 is 1.12 bits per heavy atom. The molecule has 1 aliphatic rings. The second-order valence-corrected chi connectivity index (χ2v) is 6.55. The highest BCUT2D eigenvalue weighted by Crippen LogP contribution is 2.49. The molecule has 0 aromatic carbocycles. The van der Waals surface area contributed by atoms with Gasteiger partial charge in [0.2, 0.25) is 0 Å². The molecule has 5 heteroatoms. The van der Waals surface area contributed by atoms with Crippen molar-refractivity contribution in [2.24, 2.45) is 29.6 Å². The fraction of sp³-hybridized carbons (Fsp3) is 1.00. The van der Waals surface area contributed by atoms with Gasteiger partial charge in [0.15, 0.2) is 0 Å². The van der Waals surface area contributed by atoms with E-state index in [0.29, 0.717) is 17.8 Å². The predicted molar refractivity (Wildman–Crippen MR) is 62.7 cm³/mol. The highest BCUT2D eigenvalue weighted by Gasteiger charge is 2.44. The van der Waals surface area contributed by atoms with E-state index in [1.165, 1.54) is 0 Å². The third-order valence-electron chi connectivity index (χ3n) is 4.61. The van der Waals surface area contributed by atoms with E-state index >= 15 is 0 Å². The fourth-order valence-corrected chi connectivity index (χ4v) is 3.57. The van der Waals surface area contributed by atoms with E-state index in [1.54, 1.807) is 0 Å². The van der Waals surface area contributed by atoms with Crippen LogP contribution in [0.15, 0.2) is 0 Å². The highest BCUT2D eigenvalue weighted by molar-refractivity contribution is 7.46. The molecule has 6 atom stereocenters. The molecule has 96 valence electrons. The van der Waals surface area contributed by atoms with Crippen LogP contribution in [-0.4, -0.2) is 15.9 Å². The van der Waals surface area contributed by atoms with Crippen molar-refractivity contribution in [2.45, 2.75) is 40.7 Å². The Morgan fingerprint density at radius 3 is 1.44 bits per heavy atom. The zero-order valence-electron chi connectivity index (χ0n) is 10.6. The van der Waals surface area contributed by atoms with Crippen molar-refractivity contribution in [3.63, 3.8) is 0 Å². The summed E-state index contributed by atoms with van der Waals surface area (Å²) in [4.78, 5) is 17.9. The van der Waals surface area contributed by atoms with Crippen LogP contribution in [0, 0.1) is 29.6 Å². The topological polar surface area (TPSA) is 66.8 Å². The third-order valence-corrected chi connectivity index (χ3v) is 5.13. The molecule has 0 amide bonds. The Hall–Kier alpha value is 0.110. The molecule has 4 unspecified atom stereocenters. The van der Waals surface area contributed by atoms with Crippen LogP contribution in [0.4, 0.5) is 0 Å². The van der Waals surface area contributed by atoms with Gasteiger partial charge in [0.25, 0.3) is 0 Å². The monoisotopic (exact) mass is 250 g/mol. The standard InChI is InChI=1S/C11H23O4P/c1-6-7(2)9(4)11(10(5)8(6)3)15-16(12,13)14/h6-11H,1-5H3,(H2,12,13,14)/t6?,7-,8?,9?,10-,11?/m1/s1. The van der Waals surface area contributed by atoms with Crippen LogP contribution >= 0.6 is 7.82 Å². The third kappa shape index (κ3) is 2.86. The minimum atomic E-state index is -4.38. The Labute approximate surface area is 97.6 Å². The van der Waals surface area contributed by atoms with E-state index in [4.69, 9.17) is 14.3 Å². The Kier molecular flexibility index (Phi) is 4.23. The van der Waals surface area contributed by atoms with Crippen LogP contribution in [-0.2, 0) is 9.09 Å². The number of phosphoric ester groups is 1. The summed E-state index contributed by atoms with van der Waals surface area (Å²) in [6.45, 7) is 10.5. The Morgan fingerprint density at radius 1 is 0.812 bits per heavy atom. The number of hydrogen-bond donors (Lipinski definition) is 2. The van der Waals surface area contributed by atoms with Gasteiger partial charge >= 0.3 is 7.82 Å². The van der Waals surface area contributed by atoms with Crippen molar-refractivity contribution in [1.82, 2.24) is 0 Å². The average Bonchev–Trinajstić information content (AvgIpc) is 2.17. The first-order valence-corrected chi connectivity index (χ1v) is 7.42. The van der Waals surface area contributed by atoms with E-state index in [9.17, 15) is 4.57 Å². The van der Waals surface area contributed by atoms with E-state index < -0.39 is 7.82 Å². The van der Waals surface area contributed by atoms with Crippen LogP contribution in [0.5, 0.6) is 0 Å². The summed E-state index contributed by atoms with van der Waals surface area (Å²) < 4.78 is 15.9. The molecule has 0 spiro atoms. The summed E-state index contributed by atoms with van der Waals surface area (Å²) in [7, 11) is -4.38. The molecule has 0 aromatic rings. The summed E-state index contributed by atoms with van der Waals surface area (Å²) in [6, 6.07) is 0. The number of rotatable bonds is 2. The second-order valence-electron chi connectivity index (χ2n) is 5.36. The molecule has 4 nitrogen and oxygen atoms in total. The molecule has 0 radical (unpaired) electrons. The first-order valence-electron chi connectivity index (χ1n) is 5.89. The SMILES string of the molecule is CC1C(C)[C@@H](C)C(OP(=O)(O)O)C(C)[C@@H]1C. The van der Waals surface area contributed by atoms with Crippen LogP contribution < -0.4 is 0 Å². The maximum Gasteiger partial charge on any atom is 0.469 e. The summed E-state index contributed by atoms with van der Waals surface area (Å²) in [6.07, 6.45) is -0.345. The molecule has 1 saturated carbocycles. The van der Waals surface area contributed by atoms with Gasteiger partial charge in [0.05, 0.1) is 6.10 Å². The zero-order valence-corrected chi connectivity index (χ0v) is 11.5. The van der Waals surface area contributed by atoms with Crippen LogP contribution in [0.3, 0.4) is 0 Å². The van der Waals surface area contributed by atoms with Gasteiger partial charge in [-0.25, -0.2) is 4.57 Å². The van der Waals surface area contributed by atoms with E-state index in [0.717, 1.165) is 0 Å². The maximum atomic E-state index is 11.0. The first-order chi connectivity index (χ1) is 7.15. The van der Waals surface area contributed by atoms with Crippen LogP contribution in [0.25, 0.3) is 0 Å². The zero-order chi connectivity index (χ0) is 12.7. The van der Waals surface area contributed by atoms with Gasteiger partial charge in [-0.2, -0.15) is 0 Å². The highest BCUT2D eigenvalue weighted by atomic mass is 31.2. The summed E-state index contributed by atoms with van der Waals surface area (Å²) >= 11 is 0. The summed E-state index contributed by atoms with van der Waals surface area (Å²) in [5.41, 5.74) is 0. The number of phosphoric acid groups is 1. The van der Waals surface area contributed by atoms with Gasteiger partial charge in [-0.3, -0.25) is 4.52 Å². The minimum Gasteiger partial charge on any atom is -0.303 e. The lowest BCUT2D eigenvalue weighted by Crippen LogP contribution is -2.45. The fourth-order valence-electron chi connectivity index (χ4n) is 2.86. The Balaban J connectivity index is 2.87. The largest absolute Gasteiger partial charge is 0.469 e. The van der Waals surface area contributed by atoms with E-state index in [1.807, 2.05) is 13.8 Å². The van der Waals surface area contributed by atoms with Crippen molar-refractivity contribution < 1.29 is 18.9 Å². The van der Waals surface area contributed by atoms with Gasteiger partial charge < -0.3 is 9.79 Å². The molecule has 16 heavy (non-hydrogen) atoms. The van der Waals surface area contributed by atoms with Crippen LogP contribution in [0.1, 0.15) is 34.6 Å². The van der Waals surface area contributed by atoms with Crippen LogP contribution in [0.2, 0.25) is 0 Å². The van der Waals surface area contributed by atoms with Crippen molar-refractivity contribution in [3.8, 4) is 0 Å².